The molecule has 0 bridgehead atoms. The van der Waals surface area contributed by atoms with E-state index in [9.17, 15) is 0 Å². The molecule has 0 aliphatic heterocycles. The van der Waals surface area contributed by atoms with Gasteiger partial charge >= 0.3 is 0 Å². The maximum atomic E-state index is 6.88. The van der Waals surface area contributed by atoms with Gasteiger partial charge in [0.25, 0.3) is 8.48 Å². The van der Waals surface area contributed by atoms with Gasteiger partial charge in [0.2, 0.25) is 8.32 Å². The highest BCUT2D eigenvalue weighted by atomic mass is 28.4. The van der Waals surface area contributed by atoms with Crippen LogP contribution in [-0.2, 0) is 8.85 Å². The molecule has 0 saturated carbocycles. The van der Waals surface area contributed by atoms with Crippen molar-refractivity contribution in [3.05, 3.63) is 0 Å². The van der Waals surface area contributed by atoms with Gasteiger partial charge < -0.3 is 14.3 Å². The smallest absolute Gasteiger partial charge is 0.260 e. The zero-order valence-corrected chi connectivity index (χ0v) is 19.3. The molecule has 3 nitrogen and oxygen atoms in total. The lowest BCUT2D eigenvalue weighted by atomic mass is 10.3. The van der Waals surface area contributed by atoms with Crippen LogP contribution in [0.2, 0.25) is 45.8 Å². The maximum Gasteiger partial charge on any atom is 0.260 e. The minimum absolute atomic E-state index is 0.0111. The summed E-state index contributed by atoms with van der Waals surface area (Å²) >= 11 is 0. The molecule has 0 amide bonds. The Bertz CT molecular complexity index is 350. The van der Waals surface area contributed by atoms with E-state index in [0.717, 1.165) is 12.8 Å². The maximum absolute atomic E-state index is 6.88. The lowest BCUT2D eigenvalue weighted by molar-refractivity contribution is 0.0758. The minimum atomic E-state index is -2.09. The molecule has 0 aromatic rings. The van der Waals surface area contributed by atoms with Crippen LogP contribution in [0, 0.1) is 0 Å². The predicted molar refractivity (Wildman–Crippen MR) is 102 cm³/mol. The Kier molecular flexibility index (Phi) is 6.73. The summed E-state index contributed by atoms with van der Waals surface area (Å²) in [5.41, 5.74) is 0. The monoisotopic (exact) mass is 349 g/mol. The summed E-state index contributed by atoms with van der Waals surface area (Å²) in [5, 5.41) is 6.03. The molecule has 0 heterocycles. The van der Waals surface area contributed by atoms with Crippen LogP contribution in [0.1, 0.15) is 40.5 Å². The second-order valence-corrected chi connectivity index (χ2v) is 22.0. The summed E-state index contributed by atoms with van der Waals surface area (Å²) in [4.78, 5) is 0. The molecule has 2 unspecified atom stereocenters. The van der Waals surface area contributed by atoms with Gasteiger partial charge in [0.15, 0.2) is 0 Å². The van der Waals surface area contributed by atoms with Gasteiger partial charge in [0.05, 0.1) is 13.3 Å². The third-order valence-electron chi connectivity index (χ3n) is 5.18. The molecule has 0 fully saturated rings. The topological polar surface area (TPSA) is 44.5 Å². The van der Waals surface area contributed by atoms with E-state index in [1.54, 1.807) is 0 Å². The van der Waals surface area contributed by atoms with Crippen molar-refractivity contribution < 1.29 is 8.85 Å². The lowest BCUT2D eigenvalue weighted by Gasteiger charge is -2.52. The summed E-state index contributed by atoms with van der Waals surface area (Å²) in [6, 6.07) is 0. The highest BCUT2D eigenvalue weighted by molar-refractivity contribution is 6.81. The Balaban J connectivity index is 5.53. The third-order valence-corrected chi connectivity index (χ3v) is 14.2. The summed E-state index contributed by atoms with van der Waals surface area (Å²) in [6.45, 7) is 24.8. The molecule has 0 aliphatic rings. The minimum Gasteiger partial charge on any atom is -0.412 e. The standard InChI is InChI=1S/C15H39NO2Si3/c1-12-14(3,19(5,6)7)17-20(8,9)15(4,13-2)18-21(10,11)16/h12-13,16H2,1-11H3. The van der Waals surface area contributed by atoms with Crippen LogP contribution in [0.25, 0.3) is 0 Å². The third kappa shape index (κ3) is 5.28. The first-order chi connectivity index (χ1) is 9.04. The van der Waals surface area contributed by atoms with Gasteiger partial charge in [0.1, 0.15) is 0 Å². The van der Waals surface area contributed by atoms with Crippen molar-refractivity contribution in [2.75, 3.05) is 0 Å². The van der Waals surface area contributed by atoms with E-state index in [-0.39, 0.29) is 10.4 Å². The molecule has 128 valence electrons. The zero-order valence-electron chi connectivity index (χ0n) is 16.3. The molecule has 2 N–H and O–H groups in total. The van der Waals surface area contributed by atoms with Crippen LogP contribution < -0.4 is 5.40 Å². The molecule has 0 saturated heterocycles. The normalized spacial score (nSPS) is 20.0. The second-order valence-electron chi connectivity index (χ2n) is 8.74. The van der Waals surface area contributed by atoms with Gasteiger partial charge in [-0.25, -0.2) is 0 Å². The highest BCUT2D eigenvalue weighted by Gasteiger charge is 2.52. The molecule has 0 radical (unpaired) electrons. The van der Waals surface area contributed by atoms with E-state index in [1.807, 2.05) is 0 Å². The highest BCUT2D eigenvalue weighted by Crippen LogP contribution is 2.38. The molecule has 21 heavy (non-hydrogen) atoms. The van der Waals surface area contributed by atoms with Crippen molar-refractivity contribution in [2.45, 2.75) is 96.8 Å². The SMILES string of the molecule is CCC(C)(O[Si](C)(C)C(C)(CC)O[Si](C)(C)N)[Si](C)(C)C. The molecule has 0 aromatic heterocycles. The molecule has 6 heteroatoms. The Morgan fingerprint density at radius 1 is 0.762 bits per heavy atom. The van der Waals surface area contributed by atoms with Crippen molar-refractivity contribution in [2.24, 2.45) is 5.40 Å². The molecule has 0 spiro atoms. The predicted octanol–water partition coefficient (Wildman–Crippen LogP) is 4.64. The van der Waals surface area contributed by atoms with Gasteiger partial charge in [-0.1, -0.05) is 33.5 Å². The Labute approximate surface area is 136 Å². The molecular formula is C15H39NO2Si3. The van der Waals surface area contributed by atoms with Crippen molar-refractivity contribution in [3.63, 3.8) is 0 Å². The van der Waals surface area contributed by atoms with Gasteiger partial charge in [-0.3, -0.25) is 0 Å². The van der Waals surface area contributed by atoms with Crippen LogP contribution in [0.4, 0.5) is 0 Å². The van der Waals surface area contributed by atoms with E-state index in [0.29, 0.717) is 0 Å². The zero-order chi connectivity index (χ0) is 17.3. The molecule has 0 aliphatic carbocycles. The Morgan fingerprint density at radius 2 is 1.14 bits per heavy atom. The van der Waals surface area contributed by atoms with Gasteiger partial charge in [-0.15, -0.1) is 0 Å². The van der Waals surface area contributed by atoms with Crippen LogP contribution >= 0.6 is 0 Å². The summed E-state index contributed by atoms with van der Waals surface area (Å²) in [6.07, 6.45) is 2.01. The number of rotatable bonds is 8. The van der Waals surface area contributed by atoms with E-state index in [1.165, 1.54) is 0 Å². The Morgan fingerprint density at radius 3 is 1.38 bits per heavy atom. The molecular weight excluding hydrogens is 310 g/mol. The van der Waals surface area contributed by atoms with E-state index < -0.39 is 24.9 Å². The molecule has 2 atom stereocenters. The van der Waals surface area contributed by atoms with E-state index in [2.05, 4.69) is 73.5 Å². The van der Waals surface area contributed by atoms with Crippen LogP contribution in [0.3, 0.4) is 0 Å². The average Bonchev–Trinajstić information content (AvgIpc) is 2.24. The van der Waals surface area contributed by atoms with Crippen LogP contribution in [-0.4, -0.2) is 35.3 Å². The lowest BCUT2D eigenvalue weighted by Crippen LogP contribution is -2.67. The molecule has 0 rings (SSSR count). The van der Waals surface area contributed by atoms with Crippen molar-refractivity contribution >= 4 is 24.9 Å². The summed E-state index contributed by atoms with van der Waals surface area (Å²) in [7, 11) is -5.59. The fraction of sp³-hybridized carbons (Fsp3) is 1.00. The largest absolute Gasteiger partial charge is 0.412 e. The summed E-state index contributed by atoms with van der Waals surface area (Å²) < 4.78 is 13.3. The van der Waals surface area contributed by atoms with Crippen molar-refractivity contribution in [3.8, 4) is 0 Å². The Hall–Kier alpha value is 0.531. The molecule has 0 aromatic carbocycles. The average molecular weight is 350 g/mol. The first-order valence-electron chi connectivity index (χ1n) is 8.23. The van der Waals surface area contributed by atoms with Gasteiger partial charge in [-0.2, -0.15) is 0 Å². The summed E-state index contributed by atoms with van der Waals surface area (Å²) in [5.74, 6) is 0. The second kappa shape index (κ2) is 6.57. The van der Waals surface area contributed by atoms with Crippen molar-refractivity contribution in [1.82, 2.24) is 0 Å². The fourth-order valence-electron chi connectivity index (χ4n) is 2.63. The first kappa shape index (κ1) is 21.5. The van der Waals surface area contributed by atoms with E-state index >= 15 is 0 Å². The van der Waals surface area contributed by atoms with Crippen molar-refractivity contribution in [1.29, 1.82) is 0 Å². The van der Waals surface area contributed by atoms with Crippen LogP contribution in [0.15, 0.2) is 0 Å². The number of nitrogens with two attached hydrogens (primary N) is 1. The van der Waals surface area contributed by atoms with Crippen LogP contribution in [0.5, 0.6) is 0 Å². The first-order valence-corrected chi connectivity index (χ1v) is 17.6. The fourth-order valence-corrected chi connectivity index (χ4v) is 11.1. The van der Waals surface area contributed by atoms with Gasteiger partial charge in [-0.05, 0) is 52.9 Å². The van der Waals surface area contributed by atoms with E-state index in [4.69, 9.17) is 14.3 Å². The number of hydrogen-bond donors (Lipinski definition) is 1. The number of hydrogen-bond acceptors (Lipinski definition) is 3. The quantitative estimate of drug-likeness (QED) is 0.649. The van der Waals surface area contributed by atoms with Gasteiger partial charge in [0, 0.05) is 5.22 Å².